The summed E-state index contributed by atoms with van der Waals surface area (Å²) in [5.41, 5.74) is -0.0537. The van der Waals surface area contributed by atoms with Crippen molar-refractivity contribution in [1.82, 2.24) is 5.32 Å². The number of imide groups is 1. The molecule has 1 aliphatic rings. The number of carbonyl (C=O) groups excluding carboxylic acids is 2. The third kappa shape index (κ3) is 3.33. The highest BCUT2D eigenvalue weighted by atomic mass is 19.4. The predicted molar refractivity (Wildman–Crippen MR) is 61.0 cm³/mol. The van der Waals surface area contributed by atoms with Gasteiger partial charge in [0.1, 0.15) is 0 Å². The summed E-state index contributed by atoms with van der Waals surface area (Å²) in [6.45, 7) is 0. The van der Waals surface area contributed by atoms with E-state index >= 15 is 0 Å². The molecule has 0 radical (unpaired) electrons. The Morgan fingerprint density at radius 1 is 1.16 bits per heavy atom. The number of hydrogen-bond donors (Lipinski definition) is 1. The Balaban J connectivity index is 2.04. The summed E-state index contributed by atoms with van der Waals surface area (Å²) < 4.78 is 37.1. The van der Waals surface area contributed by atoms with Crippen LogP contribution in [0.15, 0.2) is 24.3 Å². The van der Waals surface area contributed by atoms with Crippen LogP contribution in [0.5, 0.6) is 0 Å². The highest BCUT2D eigenvalue weighted by Crippen LogP contribution is 2.29. The van der Waals surface area contributed by atoms with Crippen molar-refractivity contribution in [2.24, 2.45) is 5.92 Å². The average molecular weight is 271 g/mol. The number of amides is 2. The number of halogens is 3. The van der Waals surface area contributed by atoms with Gasteiger partial charge in [-0.2, -0.15) is 13.2 Å². The van der Waals surface area contributed by atoms with E-state index in [4.69, 9.17) is 0 Å². The van der Waals surface area contributed by atoms with Crippen molar-refractivity contribution in [1.29, 1.82) is 0 Å². The van der Waals surface area contributed by atoms with Crippen molar-refractivity contribution in [3.8, 4) is 0 Å². The molecule has 0 unspecified atom stereocenters. The van der Waals surface area contributed by atoms with E-state index < -0.39 is 11.7 Å². The molecule has 1 atom stereocenters. The van der Waals surface area contributed by atoms with Crippen LogP contribution in [-0.4, -0.2) is 11.8 Å². The largest absolute Gasteiger partial charge is 0.416 e. The van der Waals surface area contributed by atoms with Crippen LogP contribution in [0.4, 0.5) is 13.2 Å². The zero-order valence-corrected chi connectivity index (χ0v) is 9.96. The number of benzene rings is 1. The van der Waals surface area contributed by atoms with Crippen LogP contribution in [0.3, 0.4) is 0 Å². The molecule has 2 rings (SSSR count). The highest BCUT2D eigenvalue weighted by molar-refractivity contribution is 5.98. The van der Waals surface area contributed by atoms with Crippen molar-refractivity contribution < 1.29 is 22.8 Å². The molecule has 0 spiro atoms. The lowest BCUT2D eigenvalue weighted by Gasteiger charge is -2.20. The van der Waals surface area contributed by atoms with Gasteiger partial charge in [0.2, 0.25) is 11.8 Å². The second-order valence-electron chi connectivity index (χ2n) is 4.55. The van der Waals surface area contributed by atoms with Gasteiger partial charge in [0.15, 0.2) is 0 Å². The molecule has 1 heterocycles. The maximum atomic E-state index is 12.4. The van der Waals surface area contributed by atoms with E-state index in [1.165, 1.54) is 12.1 Å². The Morgan fingerprint density at radius 2 is 1.79 bits per heavy atom. The Hall–Kier alpha value is -1.85. The first-order valence-electron chi connectivity index (χ1n) is 5.86. The topological polar surface area (TPSA) is 46.2 Å². The molecule has 19 heavy (non-hydrogen) atoms. The second kappa shape index (κ2) is 5.03. The number of alkyl halides is 3. The molecule has 6 heteroatoms. The van der Waals surface area contributed by atoms with Gasteiger partial charge in [0, 0.05) is 12.3 Å². The average Bonchev–Trinajstić information content (AvgIpc) is 2.32. The first kappa shape index (κ1) is 13.6. The molecule has 1 aliphatic heterocycles. The fourth-order valence-corrected chi connectivity index (χ4v) is 2.05. The summed E-state index contributed by atoms with van der Waals surface area (Å²) in [4.78, 5) is 22.5. The van der Waals surface area contributed by atoms with E-state index in [1.54, 1.807) is 0 Å². The van der Waals surface area contributed by atoms with E-state index in [0.29, 0.717) is 18.4 Å². The summed E-state index contributed by atoms with van der Waals surface area (Å²) in [7, 11) is 0. The van der Waals surface area contributed by atoms with Gasteiger partial charge in [0.05, 0.1) is 5.56 Å². The van der Waals surface area contributed by atoms with Crippen LogP contribution in [0, 0.1) is 5.92 Å². The minimum atomic E-state index is -4.35. The van der Waals surface area contributed by atoms with Crippen molar-refractivity contribution in [3.05, 3.63) is 35.4 Å². The minimum absolute atomic E-state index is 0.275. The molecule has 1 saturated heterocycles. The molecule has 0 aliphatic carbocycles. The summed E-state index contributed by atoms with van der Waals surface area (Å²) in [5.74, 6) is -1.00. The molecule has 0 saturated carbocycles. The Morgan fingerprint density at radius 3 is 2.32 bits per heavy atom. The fraction of sp³-hybridized carbons (Fsp3) is 0.385. The summed E-state index contributed by atoms with van der Waals surface area (Å²) in [6.07, 6.45) is -3.30. The zero-order valence-electron chi connectivity index (χ0n) is 9.96. The van der Waals surface area contributed by atoms with Gasteiger partial charge in [-0.25, -0.2) is 0 Å². The molecular formula is C13H12F3NO2. The first-order valence-corrected chi connectivity index (χ1v) is 5.86. The van der Waals surface area contributed by atoms with Crippen LogP contribution in [0.2, 0.25) is 0 Å². The van der Waals surface area contributed by atoms with Crippen LogP contribution < -0.4 is 5.32 Å². The summed E-state index contributed by atoms with van der Waals surface area (Å²) >= 11 is 0. The maximum Gasteiger partial charge on any atom is 0.416 e. The third-order valence-electron chi connectivity index (χ3n) is 3.12. The molecule has 1 aromatic carbocycles. The molecule has 1 N–H and O–H groups in total. The number of piperidine rings is 1. The number of rotatable bonds is 2. The van der Waals surface area contributed by atoms with Gasteiger partial charge in [0.25, 0.3) is 0 Å². The van der Waals surface area contributed by atoms with E-state index in [9.17, 15) is 22.8 Å². The van der Waals surface area contributed by atoms with Crippen LogP contribution in [0.25, 0.3) is 0 Å². The minimum Gasteiger partial charge on any atom is -0.296 e. The van der Waals surface area contributed by atoms with Crippen molar-refractivity contribution in [3.63, 3.8) is 0 Å². The number of hydrogen-bond acceptors (Lipinski definition) is 2. The van der Waals surface area contributed by atoms with E-state index in [1.807, 2.05) is 0 Å². The smallest absolute Gasteiger partial charge is 0.296 e. The van der Waals surface area contributed by atoms with Gasteiger partial charge in [-0.05, 0) is 30.5 Å². The molecular weight excluding hydrogens is 259 g/mol. The Labute approximate surface area is 107 Å². The molecule has 1 fully saturated rings. The Kier molecular flexibility index (Phi) is 3.59. The van der Waals surface area contributed by atoms with Crippen molar-refractivity contribution in [2.45, 2.75) is 25.4 Å². The van der Waals surface area contributed by atoms with Gasteiger partial charge in [-0.15, -0.1) is 0 Å². The first-order chi connectivity index (χ1) is 8.86. The molecule has 102 valence electrons. The molecule has 1 aromatic rings. The lowest BCUT2D eigenvalue weighted by atomic mass is 9.91. The Bertz CT molecular complexity index is 494. The second-order valence-corrected chi connectivity index (χ2v) is 4.55. The highest BCUT2D eigenvalue weighted by Gasteiger charge is 2.30. The molecule has 3 nitrogen and oxygen atoms in total. The zero-order chi connectivity index (χ0) is 14.0. The van der Waals surface area contributed by atoms with Gasteiger partial charge in [-0.3, -0.25) is 14.9 Å². The van der Waals surface area contributed by atoms with Gasteiger partial charge in [-0.1, -0.05) is 12.1 Å². The monoisotopic (exact) mass is 271 g/mol. The van der Waals surface area contributed by atoms with Crippen LogP contribution in [-0.2, 0) is 22.2 Å². The van der Waals surface area contributed by atoms with Gasteiger partial charge < -0.3 is 0 Å². The normalized spacial score (nSPS) is 20.3. The molecule has 2 amide bonds. The lowest BCUT2D eigenvalue weighted by Crippen LogP contribution is -2.41. The molecule has 0 aromatic heterocycles. The van der Waals surface area contributed by atoms with Crippen molar-refractivity contribution in [2.75, 3.05) is 0 Å². The number of carbonyl (C=O) groups is 2. The van der Waals surface area contributed by atoms with Crippen molar-refractivity contribution >= 4 is 11.8 Å². The fourth-order valence-electron chi connectivity index (χ4n) is 2.05. The third-order valence-corrected chi connectivity index (χ3v) is 3.12. The van der Waals surface area contributed by atoms with Crippen LogP contribution >= 0.6 is 0 Å². The van der Waals surface area contributed by atoms with Gasteiger partial charge >= 0.3 is 6.18 Å². The SMILES string of the molecule is O=C1CC[C@H](Cc2ccc(C(F)(F)F)cc2)C(=O)N1. The van der Waals surface area contributed by atoms with Crippen LogP contribution in [0.1, 0.15) is 24.0 Å². The summed E-state index contributed by atoms with van der Waals surface area (Å²) in [6, 6.07) is 4.74. The standard InChI is InChI=1S/C13H12F3NO2/c14-13(15,16)10-4-1-8(2-5-10)7-9-3-6-11(18)17-12(9)19/h1-2,4-5,9H,3,6-7H2,(H,17,18,19)/t9-/m1/s1. The van der Waals surface area contributed by atoms with E-state index in [2.05, 4.69) is 5.32 Å². The number of nitrogens with one attached hydrogen (secondary N) is 1. The maximum absolute atomic E-state index is 12.4. The molecule has 0 bridgehead atoms. The predicted octanol–water partition coefficient (Wildman–Crippen LogP) is 2.30. The summed E-state index contributed by atoms with van der Waals surface area (Å²) in [5, 5.41) is 2.23. The van der Waals surface area contributed by atoms with E-state index in [0.717, 1.165) is 12.1 Å². The lowest BCUT2D eigenvalue weighted by molar-refractivity contribution is -0.138. The quantitative estimate of drug-likeness (QED) is 0.839. The van der Waals surface area contributed by atoms with E-state index in [-0.39, 0.29) is 24.2 Å².